The Bertz CT molecular complexity index is 485. The van der Waals surface area contributed by atoms with E-state index < -0.39 is 5.56 Å². The maximum Gasteiger partial charge on any atom is 0.267 e. The van der Waals surface area contributed by atoms with Gasteiger partial charge >= 0.3 is 0 Å². The van der Waals surface area contributed by atoms with Gasteiger partial charge in [-0.1, -0.05) is 20.8 Å². The van der Waals surface area contributed by atoms with E-state index in [9.17, 15) is 4.79 Å². The summed E-state index contributed by atoms with van der Waals surface area (Å²) >= 11 is 1.55. The number of nitriles is 1. The Hall–Kier alpha value is -1.41. The van der Waals surface area contributed by atoms with Crippen molar-refractivity contribution >= 4 is 17.6 Å². The van der Waals surface area contributed by atoms with Gasteiger partial charge in [-0.25, -0.2) is 0 Å². The van der Waals surface area contributed by atoms with E-state index in [2.05, 4.69) is 4.98 Å². The molecule has 0 bridgehead atoms. The Morgan fingerprint density at radius 3 is 2.62 bits per heavy atom. The predicted octanol–water partition coefficient (Wildman–Crippen LogP) is 2.06. The molecule has 0 aromatic carbocycles. The molecule has 1 aromatic rings. The second-order valence-corrected chi connectivity index (χ2v) is 4.96. The third kappa shape index (κ3) is 2.22. The van der Waals surface area contributed by atoms with Gasteiger partial charge in [0.2, 0.25) is 0 Å². The smallest absolute Gasteiger partial charge is 0.267 e. The van der Waals surface area contributed by atoms with Crippen LogP contribution in [0.2, 0.25) is 0 Å². The first kappa shape index (κ1) is 12.7. The highest BCUT2D eigenvalue weighted by molar-refractivity contribution is 7.99. The van der Waals surface area contributed by atoms with Crippen LogP contribution in [-0.2, 0) is 0 Å². The molecular formula is C11H15N3OS. The number of hydrogen-bond donors (Lipinski definition) is 2. The molecule has 0 atom stereocenters. The van der Waals surface area contributed by atoms with E-state index >= 15 is 0 Å². The summed E-state index contributed by atoms with van der Waals surface area (Å²) in [5.74, 6) is 1.31. The van der Waals surface area contributed by atoms with Crippen molar-refractivity contribution in [2.45, 2.75) is 31.6 Å². The topological polar surface area (TPSA) is 82.7 Å². The molecule has 0 radical (unpaired) electrons. The molecule has 16 heavy (non-hydrogen) atoms. The van der Waals surface area contributed by atoms with Gasteiger partial charge in [-0.2, -0.15) is 5.26 Å². The average Bonchev–Trinajstić information content (AvgIpc) is 2.21. The highest BCUT2D eigenvalue weighted by atomic mass is 32.2. The first-order valence-corrected chi connectivity index (χ1v) is 6.10. The molecule has 0 saturated heterocycles. The summed E-state index contributed by atoms with van der Waals surface area (Å²) in [6.07, 6.45) is 0. The molecule has 86 valence electrons. The summed E-state index contributed by atoms with van der Waals surface area (Å²) in [6.45, 7) is 5.91. The molecule has 1 rings (SSSR count). The van der Waals surface area contributed by atoms with E-state index in [4.69, 9.17) is 11.0 Å². The van der Waals surface area contributed by atoms with Crippen LogP contribution in [0.4, 0.5) is 5.82 Å². The van der Waals surface area contributed by atoms with Gasteiger partial charge < -0.3 is 10.7 Å². The van der Waals surface area contributed by atoms with Crippen LogP contribution in [0.3, 0.4) is 0 Å². The van der Waals surface area contributed by atoms with Crippen LogP contribution in [-0.4, -0.2) is 10.7 Å². The lowest BCUT2D eigenvalue weighted by molar-refractivity contribution is 0.828. The zero-order valence-corrected chi connectivity index (χ0v) is 10.4. The number of thioether (sulfide) groups is 1. The molecule has 0 saturated carbocycles. The number of aromatic nitrogens is 1. The highest BCUT2D eigenvalue weighted by Gasteiger charge is 2.18. The van der Waals surface area contributed by atoms with Crippen molar-refractivity contribution in [1.82, 2.24) is 4.98 Å². The van der Waals surface area contributed by atoms with Crippen LogP contribution in [0, 0.1) is 11.3 Å². The number of hydrogen-bond acceptors (Lipinski definition) is 4. The fourth-order valence-corrected chi connectivity index (χ4v) is 2.57. The van der Waals surface area contributed by atoms with E-state index in [-0.39, 0.29) is 11.5 Å². The van der Waals surface area contributed by atoms with E-state index in [1.807, 2.05) is 26.8 Å². The highest BCUT2D eigenvalue weighted by Crippen LogP contribution is 2.32. The number of nitrogens with zero attached hydrogens (tertiary/aromatic N) is 1. The minimum Gasteiger partial charge on any atom is -0.384 e. The second kappa shape index (κ2) is 5.08. The summed E-state index contributed by atoms with van der Waals surface area (Å²) in [7, 11) is 0. The molecule has 0 fully saturated rings. The minimum absolute atomic E-state index is 0.105. The summed E-state index contributed by atoms with van der Waals surface area (Å²) < 4.78 is 0. The minimum atomic E-state index is -0.399. The average molecular weight is 237 g/mol. The van der Waals surface area contributed by atoms with Gasteiger partial charge in [0.1, 0.15) is 17.5 Å². The largest absolute Gasteiger partial charge is 0.384 e. The zero-order valence-electron chi connectivity index (χ0n) is 9.63. The van der Waals surface area contributed by atoms with E-state index in [1.165, 1.54) is 0 Å². The lowest BCUT2D eigenvalue weighted by Gasteiger charge is -2.14. The lowest BCUT2D eigenvalue weighted by atomic mass is 9.99. The van der Waals surface area contributed by atoms with Gasteiger partial charge in [0.15, 0.2) is 0 Å². The van der Waals surface area contributed by atoms with Crippen molar-refractivity contribution in [2.24, 2.45) is 0 Å². The Labute approximate surface area is 98.9 Å². The summed E-state index contributed by atoms with van der Waals surface area (Å²) in [6, 6.07) is 1.96. The standard InChI is InChI=1S/C11H15N3OS/c1-4-16-9-8(6(2)3)7(5-12)11(15)14-10(9)13/h6H,4H2,1-3H3,(H3,13,14,15). The number of nitrogens with one attached hydrogen (secondary N) is 1. The summed E-state index contributed by atoms with van der Waals surface area (Å²) in [5, 5.41) is 9.01. The normalized spacial score (nSPS) is 10.4. The Morgan fingerprint density at radius 1 is 1.56 bits per heavy atom. The van der Waals surface area contributed by atoms with Crippen LogP contribution < -0.4 is 11.3 Å². The van der Waals surface area contributed by atoms with Crippen molar-refractivity contribution in [1.29, 1.82) is 5.26 Å². The molecule has 5 heteroatoms. The third-order valence-electron chi connectivity index (χ3n) is 2.21. The number of aromatic amines is 1. The van der Waals surface area contributed by atoms with Crippen molar-refractivity contribution in [3.63, 3.8) is 0 Å². The maximum absolute atomic E-state index is 11.6. The molecule has 0 aliphatic carbocycles. The quantitative estimate of drug-likeness (QED) is 0.788. The van der Waals surface area contributed by atoms with Crippen LogP contribution in [0.25, 0.3) is 0 Å². The van der Waals surface area contributed by atoms with Gasteiger partial charge in [0.25, 0.3) is 5.56 Å². The molecule has 0 spiro atoms. The van der Waals surface area contributed by atoms with Crippen LogP contribution >= 0.6 is 11.8 Å². The van der Waals surface area contributed by atoms with Crippen molar-refractivity contribution in [3.8, 4) is 6.07 Å². The molecule has 3 N–H and O–H groups in total. The van der Waals surface area contributed by atoms with Crippen molar-refractivity contribution in [3.05, 3.63) is 21.5 Å². The summed E-state index contributed by atoms with van der Waals surface area (Å²) in [4.78, 5) is 14.9. The first-order valence-electron chi connectivity index (χ1n) is 5.11. The van der Waals surface area contributed by atoms with Crippen LogP contribution in [0.15, 0.2) is 9.69 Å². The number of nitrogens with two attached hydrogens (primary N) is 1. The van der Waals surface area contributed by atoms with Crippen LogP contribution in [0.1, 0.15) is 37.8 Å². The monoisotopic (exact) mass is 237 g/mol. The van der Waals surface area contributed by atoms with Crippen molar-refractivity contribution in [2.75, 3.05) is 11.5 Å². The summed E-state index contributed by atoms with van der Waals surface area (Å²) in [5.41, 5.74) is 6.33. The number of anilines is 1. The van der Waals surface area contributed by atoms with Gasteiger partial charge in [-0.15, -0.1) is 11.8 Å². The molecule has 4 nitrogen and oxygen atoms in total. The van der Waals surface area contributed by atoms with E-state index in [0.717, 1.165) is 16.2 Å². The molecule has 1 aromatic heterocycles. The van der Waals surface area contributed by atoms with Crippen LogP contribution in [0.5, 0.6) is 0 Å². The fraction of sp³-hybridized carbons (Fsp3) is 0.455. The van der Waals surface area contributed by atoms with E-state index in [1.54, 1.807) is 11.8 Å². The number of nitrogen functional groups attached to an aromatic ring is 1. The third-order valence-corrected chi connectivity index (χ3v) is 3.23. The predicted molar refractivity (Wildman–Crippen MR) is 66.7 cm³/mol. The SMILES string of the molecule is CCSc1c(N)[nH]c(=O)c(C#N)c1C(C)C. The fourth-order valence-electron chi connectivity index (χ4n) is 1.58. The van der Waals surface area contributed by atoms with Gasteiger partial charge in [-0.05, 0) is 17.2 Å². The van der Waals surface area contributed by atoms with Gasteiger partial charge in [0.05, 0.1) is 4.90 Å². The Kier molecular flexibility index (Phi) is 4.02. The Balaban J connectivity index is 3.60. The van der Waals surface area contributed by atoms with Gasteiger partial charge in [-0.3, -0.25) is 4.79 Å². The number of rotatable bonds is 3. The lowest BCUT2D eigenvalue weighted by Crippen LogP contribution is -2.18. The van der Waals surface area contributed by atoms with Gasteiger partial charge in [0, 0.05) is 0 Å². The molecule has 1 heterocycles. The van der Waals surface area contributed by atoms with E-state index in [0.29, 0.717) is 5.82 Å². The molecule has 0 unspecified atom stereocenters. The molecule has 0 aliphatic rings. The maximum atomic E-state index is 11.6. The van der Waals surface area contributed by atoms with Crippen molar-refractivity contribution < 1.29 is 0 Å². The molecule has 0 amide bonds. The Morgan fingerprint density at radius 2 is 2.19 bits per heavy atom. The first-order chi connectivity index (χ1) is 7.52. The number of pyridine rings is 1. The molecule has 0 aliphatic heterocycles. The zero-order chi connectivity index (χ0) is 12.3. The number of H-pyrrole nitrogens is 1. The molecular weight excluding hydrogens is 222 g/mol. The second-order valence-electron chi connectivity index (χ2n) is 3.69.